The first kappa shape index (κ1) is 17.4. The number of rotatable bonds is 9. The molecule has 0 fully saturated rings. The molecule has 0 saturated carbocycles. The minimum Gasteiger partial charge on any atom is -0.390 e. The van der Waals surface area contributed by atoms with E-state index in [4.69, 9.17) is 0 Å². The Balaban J connectivity index is 3.90. The molecule has 0 aliphatic carbocycles. The molecule has 5 heteroatoms. The van der Waals surface area contributed by atoms with Crippen molar-refractivity contribution in [1.29, 1.82) is 0 Å². The zero-order chi connectivity index (χ0) is 14.1. The van der Waals surface area contributed by atoms with E-state index in [1.54, 1.807) is 0 Å². The van der Waals surface area contributed by atoms with Crippen LogP contribution in [0.5, 0.6) is 0 Å². The Kier molecular flexibility index (Phi) is 8.97. The van der Waals surface area contributed by atoms with E-state index >= 15 is 0 Å². The minimum atomic E-state index is -0.445. The number of carbonyl (C=O) groups is 1. The molecular formula is C13H29N3O2. The largest absolute Gasteiger partial charge is 0.390 e. The number of nitrogens with one attached hydrogen (secondary N) is 2. The van der Waals surface area contributed by atoms with Crippen LogP contribution in [0.25, 0.3) is 0 Å². The second-order valence-electron chi connectivity index (χ2n) is 4.93. The minimum absolute atomic E-state index is 0.0277. The first-order valence-corrected chi connectivity index (χ1v) is 6.84. The van der Waals surface area contributed by atoms with Crippen LogP contribution in [0.15, 0.2) is 0 Å². The Morgan fingerprint density at radius 2 is 1.78 bits per heavy atom. The summed E-state index contributed by atoms with van der Waals surface area (Å²) in [5, 5.41) is 15.7. The molecule has 0 aromatic carbocycles. The van der Waals surface area contributed by atoms with Gasteiger partial charge in [-0.05, 0) is 33.9 Å². The van der Waals surface area contributed by atoms with Gasteiger partial charge in [-0.15, -0.1) is 0 Å². The Morgan fingerprint density at radius 3 is 2.22 bits per heavy atom. The molecule has 18 heavy (non-hydrogen) atoms. The molecule has 0 rings (SSSR count). The summed E-state index contributed by atoms with van der Waals surface area (Å²) in [6, 6.07) is -0.138. The lowest BCUT2D eigenvalue weighted by molar-refractivity contribution is -0.123. The van der Waals surface area contributed by atoms with Crippen molar-refractivity contribution in [2.24, 2.45) is 0 Å². The highest BCUT2D eigenvalue weighted by molar-refractivity contribution is 5.81. The molecule has 2 unspecified atom stereocenters. The Labute approximate surface area is 111 Å². The highest BCUT2D eigenvalue weighted by Gasteiger charge is 2.15. The maximum atomic E-state index is 11.6. The molecule has 0 saturated heterocycles. The van der Waals surface area contributed by atoms with E-state index in [1.807, 2.05) is 20.8 Å². The average Bonchev–Trinajstić information content (AvgIpc) is 2.31. The molecule has 2 atom stereocenters. The summed E-state index contributed by atoms with van der Waals surface area (Å²) in [6.07, 6.45) is -0.445. The van der Waals surface area contributed by atoms with Gasteiger partial charge in [0.2, 0.25) is 5.91 Å². The SMILES string of the molecule is CCN(CC)CC(O)CNC(C)C(=O)NC(C)C. The molecule has 5 nitrogen and oxygen atoms in total. The van der Waals surface area contributed by atoms with Crippen molar-refractivity contribution < 1.29 is 9.90 Å². The van der Waals surface area contributed by atoms with E-state index < -0.39 is 6.10 Å². The van der Waals surface area contributed by atoms with Gasteiger partial charge in [-0.2, -0.15) is 0 Å². The molecule has 0 aliphatic rings. The second kappa shape index (κ2) is 9.30. The average molecular weight is 259 g/mol. The molecular weight excluding hydrogens is 230 g/mol. The third-order valence-corrected chi connectivity index (χ3v) is 2.85. The molecule has 108 valence electrons. The zero-order valence-corrected chi connectivity index (χ0v) is 12.4. The zero-order valence-electron chi connectivity index (χ0n) is 12.4. The van der Waals surface area contributed by atoms with Crippen molar-refractivity contribution in [1.82, 2.24) is 15.5 Å². The molecule has 0 aliphatic heterocycles. The fourth-order valence-electron chi connectivity index (χ4n) is 1.66. The molecule has 0 aromatic heterocycles. The van der Waals surface area contributed by atoms with Gasteiger partial charge in [-0.25, -0.2) is 0 Å². The summed E-state index contributed by atoms with van der Waals surface area (Å²) in [5.41, 5.74) is 0. The molecule has 0 aromatic rings. The van der Waals surface area contributed by atoms with Gasteiger partial charge in [-0.3, -0.25) is 4.79 Å². The number of hydrogen-bond donors (Lipinski definition) is 3. The predicted octanol–water partition coefficient (Wildman–Crippen LogP) is 0.192. The fraction of sp³-hybridized carbons (Fsp3) is 0.923. The van der Waals surface area contributed by atoms with Gasteiger partial charge >= 0.3 is 0 Å². The van der Waals surface area contributed by atoms with Gasteiger partial charge in [0.1, 0.15) is 0 Å². The maximum absolute atomic E-state index is 11.6. The number of aliphatic hydroxyl groups excluding tert-OH is 1. The van der Waals surface area contributed by atoms with E-state index in [0.717, 1.165) is 13.1 Å². The third kappa shape index (κ3) is 7.63. The van der Waals surface area contributed by atoms with Crippen LogP contribution in [0.2, 0.25) is 0 Å². The first-order valence-electron chi connectivity index (χ1n) is 6.84. The van der Waals surface area contributed by atoms with E-state index in [0.29, 0.717) is 13.1 Å². The monoisotopic (exact) mass is 259 g/mol. The van der Waals surface area contributed by atoms with Gasteiger partial charge in [0, 0.05) is 19.1 Å². The smallest absolute Gasteiger partial charge is 0.237 e. The van der Waals surface area contributed by atoms with Gasteiger partial charge in [0.15, 0.2) is 0 Å². The van der Waals surface area contributed by atoms with E-state index in [-0.39, 0.29) is 18.0 Å². The van der Waals surface area contributed by atoms with Crippen LogP contribution in [0.4, 0.5) is 0 Å². The summed E-state index contributed by atoms with van der Waals surface area (Å²) in [4.78, 5) is 13.8. The molecule has 0 radical (unpaired) electrons. The van der Waals surface area contributed by atoms with Gasteiger partial charge in [0.05, 0.1) is 12.1 Å². The van der Waals surface area contributed by atoms with Crippen LogP contribution < -0.4 is 10.6 Å². The van der Waals surface area contributed by atoms with Gasteiger partial charge in [-0.1, -0.05) is 13.8 Å². The van der Waals surface area contributed by atoms with Crippen molar-refractivity contribution in [3.8, 4) is 0 Å². The molecule has 0 bridgehead atoms. The summed E-state index contributed by atoms with van der Waals surface area (Å²) >= 11 is 0. The van der Waals surface area contributed by atoms with Crippen molar-refractivity contribution in [3.63, 3.8) is 0 Å². The normalized spacial score (nSPS) is 14.9. The quantitative estimate of drug-likeness (QED) is 0.553. The number of carbonyl (C=O) groups excluding carboxylic acids is 1. The van der Waals surface area contributed by atoms with Gasteiger partial charge < -0.3 is 20.6 Å². The number of aliphatic hydroxyl groups is 1. The predicted molar refractivity (Wildman–Crippen MR) is 74.5 cm³/mol. The highest BCUT2D eigenvalue weighted by Crippen LogP contribution is 1.92. The summed E-state index contributed by atoms with van der Waals surface area (Å²) in [7, 11) is 0. The van der Waals surface area contributed by atoms with E-state index in [1.165, 1.54) is 0 Å². The van der Waals surface area contributed by atoms with Crippen LogP contribution in [0, 0.1) is 0 Å². The Bertz CT molecular complexity index is 230. The molecule has 0 spiro atoms. The van der Waals surface area contributed by atoms with Crippen LogP contribution in [0.1, 0.15) is 34.6 Å². The lowest BCUT2D eigenvalue weighted by Crippen LogP contribution is -2.48. The maximum Gasteiger partial charge on any atom is 0.237 e. The molecule has 3 N–H and O–H groups in total. The number of likely N-dealkylation sites (N-methyl/N-ethyl adjacent to an activating group) is 1. The fourth-order valence-corrected chi connectivity index (χ4v) is 1.66. The first-order chi connectivity index (χ1) is 8.40. The van der Waals surface area contributed by atoms with Crippen LogP contribution in [0.3, 0.4) is 0 Å². The van der Waals surface area contributed by atoms with Crippen molar-refractivity contribution >= 4 is 5.91 Å². The molecule has 1 amide bonds. The van der Waals surface area contributed by atoms with Crippen molar-refractivity contribution in [3.05, 3.63) is 0 Å². The lowest BCUT2D eigenvalue weighted by atomic mass is 10.2. The number of hydrogen-bond acceptors (Lipinski definition) is 4. The Morgan fingerprint density at radius 1 is 1.22 bits per heavy atom. The standard InChI is InChI=1S/C13H29N3O2/c1-6-16(7-2)9-12(17)8-14-11(5)13(18)15-10(3)4/h10-12,14,17H,6-9H2,1-5H3,(H,15,18). The van der Waals surface area contributed by atoms with Crippen molar-refractivity contribution in [2.45, 2.75) is 52.8 Å². The van der Waals surface area contributed by atoms with Crippen LogP contribution in [-0.2, 0) is 4.79 Å². The lowest BCUT2D eigenvalue weighted by Gasteiger charge is -2.23. The summed E-state index contributed by atoms with van der Waals surface area (Å²) < 4.78 is 0. The number of amides is 1. The summed E-state index contributed by atoms with van der Waals surface area (Å²) in [6.45, 7) is 12.7. The Hall–Kier alpha value is -0.650. The van der Waals surface area contributed by atoms with E-state index in [9.17, 15) is 9.90 Å². The summed E-state index contributed by atoms with van der Waals surface area (Å²) in [5.74, 6) is -0.0277. The number of nitrogens with zero attached hydrogens (tertiary/aromatic N) is 1. The second-order valence-corrected chi connectivity index (χ2v) is 4.93. The van der Waals surface area contributed by atoms with Crippen molar-refractivity contribution in [2.75, 3.05) is 26.2 Å². The van der Waals surface area contributed by atoms with Crippen LogP contribution in [-0.4, -0.2) is 60.3 Å². The third-order valence-electron chi connectivity index (χ3n) is 2.85. The van der Waals surface area contributed by atoms with Crippen LogP contribution >= 0.6 is 0 Å². The molecule has 0 heterocycles. The van der Waals surface area contributed by atoms with E-state index in [2.05, 4.69) is 29.4 Å². The highest BCUT2D eigenvalue weighted by atomic mass is 16.3. The van der Waals surface area contributed by atoms with Gasteiger partial charge in [0.25, 0.3) is 0 Å². The topological polar surface area (TPSA) is 64.6 Å².